The van der Waals surface area contributed by atoms with Crippen molar-refractivity contribution in [1.29, 1.82) is 0 Å². The first-order valence-corrected chi connectivity index (χ1v) is 10.3. The van der Waals surface area contributed by atoms with Crippen LogP contribution in [0.4, 0.5) is 0 Å². The van der Waals surface area contributed by atoms with Gasteiger partial charge in [0.1, 0.15) is 24.4 Å². The van der Waals surface area contributed by atoms with E-state index in [0.29, 0.717) is 45.2 Å². The molecule has 1 saturated heterocycles. The second-order valence-corrected chi connectivity index (χ2v) is 7.17. The van der Waals surface area contributed by atoms with Crippen molar-refractivity contribution < 1.29 is 39.2 Å². The van der Waals surface area contributed by atoms with Crippen molar-refractivity contribution in [3.05, 3.63) is 0 Å². The van der Waals surface area contributed by atoms with Gasteiger partial charge in [0.05, 0.1) is 6.61 Å². The third kappa shape index (κ3) is 9.35. The highest BCUT2D eigenvalue weighted by atomic mass is 16.7. The van der Waals surface area contributed by atoms with Crippen molar-refractivity contribution in [2.75, 3.05) is 26.3 Å². The van der Waals surface area contributed by atoms with Gasteiger partial charge in [0.25, 0.3) is 0 Å². The van der Waals surface area contributed by atoms with Gasteiger partial charge in [0, 0.05) is 39.5 Å². The van der Waals surface area contributed by atoms with E-state index in [2.05, 4.69) is 16.0 Å². The highest BCUT2D eigenvalue weighted by Gasteiger charge is 2.45. The molecule has 30 heavy (non-hydrogen) atoms. The van der Waals surface area contributed by atoms with Crippen molar-refractivity contribution in [2.24, 2.45) is 0 Å². The quantitative estimate of drug-likeness (QED) is 0.184. The number of hydrogen-bond donors (Lipinski definition) is 6. The molecule has 1 heterocycles. The Morgan fingerprint density at radius 3 is 2.27 bits per heavy atom. The molecule has 0 saturated carbocycles. The maximum Gasteiger partial charge on any atom is 0.219 e. The molecule has 0 radical (unpaired) electrons. The summed E-state index contributed by atoms with van der Waals surface area (Å²) in [5.41, 5.74) is 0. The van der Waals surface area contributed by atoms with Gasteiger partial charge in [-0.2, -0.15) is 0 Å². The summed E-state index contributed by atoms with van der Waals surface area (Å²) in [4.78, 5) is 34.2. The van der Waals surface area contributed by atoms with Crippen LogP contribution in [0, 0.1) is 0 Å². The predicted octanol–water partition coefficient (Wildman–Crippen LogP) is -1.85. The summed E-state index contributed by atoms with van der Waals surface area (Å²) >= 11 is 0. The average molecular weight is 434 g/mol. The second-order valence-electron chi connectivity index (χ2n) is 7.17. The topological polar surface area (TPSA) is 166 Å². The number of rotatable bonds is 13. The predicted molar refractivity (Wildman–Crippen MR) is 106 cm³/mol. The fourth-order valence-corrected chi connectivity index (χ4v) is 2.96. The molecule has 1 aliphatic heterocycles. The summed E-state index contributed by atoms with van der Waals surface area (Å²) in [6.45, 7) is 3.75. The fourth-order valence-electron chi connectivity index (χ4n) is 2.96. The van der Waals surface area contributed by atoms with Gasteiger partial charge in [-0.1, -0.05) is 6.92 Å². The van der Waals surface area contributed by atoms with Crippen molar-refractivity contribution in [2.45, 2.75) is 76.6 Å². The van der Waals surface area contributed by atoms with E-state index < -0.39 is 43.2 Å². The maximum atomic E-state index is 11.8. The van der Waals surface area contributed by atoms with Crippen LogP contribution in [-0.2, 0) is 23.9 Å². The molecule has 0 spiro atoms. The Labute approximate surface area is 176 Å². The molecule has 0 aliphatic carbocycles. The summed E-state index contributed by atoms with van der Waals surface area (Å²) in [7, 11) is 0. The highest BCUT2D eigenvalue weighted by Crippen LogP contribution is 2.22. The third-order valence-electron chi connectivity index (χ3n) is 4.65. The largest absolute Gasteiger partial charge is 0.394 e. The molecule has 11 heteroatoms. The van der Waals surface area contributed by atoms with Gasteiger partial charge in [-0.25, -0.2) is 0 Å². The first-order chi connectivity index (χ1) is 14.3. The third-order valence-corrected chi connectivity index (χ3v) is 4.65. The first-order valence-electron chi connectivity index (χ1n) is 10.3. The molecule has 0 aromatic carbocycles. The van der Waals surface area contributed by atoms with Gasteiger partial charge in [0.2, 0.25) is 17.7 Å². The summed E-state index contributed by atoms with van der Waals surface area (Å²) < 4.78 is 11.0. The minimum absolute atomic E-state index is 0.0173. The SMILES string of the molecule is CCC(=O)NCCCNC(=O)CCCCO[C@@H]1OC(CO)[C@H](O)C(O)C1NC(C)=O. The van der Waals surface area contributed by atoms with Crippen LogP contribution in [-0.4, -0.2) is 90.0 Å². The summed E-state index contributed by atoms with van der Waals surface area (Å²) in [5.74, 6) is -0.533. The minimum atomic E-state index is -1.36. The van der Waals surface area contributed by atoms with Crippen LogP contribution in [0.3, 0.4) is 0 Å². The fraction of sp³-hybridized carbons (Fsp3) is 0.842. The monoisotopic (exact) mass is 433 g/mol. The Balaban J connectivity index is 2.26. The van der Waals surface area contributed by atoms with E-state index in [1.165, 1.54) is 6.92 Å². The van der Waals surface area contributed by atoms with E-state index in [4.69, 9.17) is 9.47 Å². The molecule has 3 unspecified atom stereocenters. The van der Waals surface area contributed by atoms with Crippen molar-refractivity contribution in [3.63, 3.8) is 0 Å². The van der Waals surface area contributed by atoms with Gasteiger partial charge in [0.15, 0.2) is 6.29 Å². The number of amides is 3. The van der Waals surface area contributed by atoms with E-state index in [1.54, 1.807) is 6.92 Å². The average Bonchev–Trinajstić information content (AvgIpc) is 2.71. The molecule has 0 aromatic rings. The molecular formula is C19H35N3O8. The minimum Gasteiger partial charge on any atom is -0.394 e. The summed E-state index contributed by atoms with van der Waals surface area (Å²) in [6.07, 6.45) is -2.26. The zero-order valence-corrected chi connectivity index (χ0v) is 17.6. The maximum absolute atomic E-state index is 11.8. The number of hydrogen-bond acceptors (Lipinski definition) is 8. The van der Waals surface area contributed by atoms with Crippen LogP contribution in [0.1, 0.15) is 46.0 Å². The van der Waals surface area contributed by atoms with Crippen LogP contribution in [0.25, 0.3) is 0 Å². The number of ether oxygens (including phenoxy) is 2. The van der Waals surface area contributed by atoms with Gasteiger partial charge in [-0.3, -0.25) is 14.4 Å². The molecule has 11 nitrogen and oxygen atoms in total. The summed E-state index contributed by atoms with van der Waals surface area (Å²) in [5, 5.41) is 37.4. The number of aliphatic hydroxyl groups is 3. The second kappa shape index (κ2) is 14.3. The Bertz CT molecular complexity index is 548. The zero-order valence-electron chi connectivity index (χ0n) is 17.6. The first kappa shape index (κ1) is 26.2. The normalized spacial score (nSPS) is 26.1. The number of nitrogens with one attached hydrogen (secondary N) is 3. The van der Waals surface area contributed by atoms with Crippen LogP contribution >= 0.6 is 0 Å². The van der Waals surface area contributed by atoms with Crippen LogP contribution in [0.5, 0.6) is 0 Å². The standard InChI is InChI=1S/C19H35N3O8/c1-3-14(25)20-8-6-9-21-15(26)7-4-5-10-29-19-16(22-12(2)24)18(28)17(27)13(11-23)30-19/h13,16-19,23,27-28H,3-11H2,1-2H3,(H,20,25)(H,21,26)(H,22,24)/t13?,16?,17-,18?,19+/m0/s1. The van der Waals surface area contributed by atoms with Crippen LogP contribution in [0.15, 0.2) is 0 Å². The number of unbranched alkanes of at least 4 members (excludes halogenated alkanes) is 1. The smallest absolute Gasteiger partial charge is 0.219 e. The highest BCUT2D eigenvalue weighted by molar-refractivity contribution is 5.76. The molecule has 3 amide bonds. The molecule has 6 N–H and O–H groups in total. The van der Waals surface area contributed by atoms with Crippen LogP contribution < -0.4 is 16.0 Å². The lowest BCUT2D eigenvalue weighted by atomic mass is 9.97. The van der Waals surface area contributed by atoms with Gasteiger partial charge >= 0.3 is 0 Å². The van der Waals surface area contributed by atoms with E-state index in [0.717, 1.165) is 0 Å². The van der Waals surface area contributed by atoms with Crippen molar-refractivity contribution in [1.82, 2.24) is 16.0 Å². The Kier molecular flexibility index (Phi) is 12.5. The lowest BCUT2D eigenvalue weighted by molar-refractivity contribution is -0.270. The Morgan fingerprint density at radius 2 is 1.67 bits per heavy atom. The number of carbonyl (C=O) groups is 3. The van der Waals surface area contributed by atoms with Gasteiger partial charge in [-0.05, 0) is 19.3 Å². The van der Waals surface area contributed by atoms with Crippen LogP contribution in [0.2, 0.25) is 0 Å². The molecular weight excluding hydrogens is 398 g/mol. The van der Waals surface area contributed by atoms with E-state index in [-0.39, 0.29) is 18.4 Å². The lowest BCUT2D eigenvalue weighted by Crippen LogP contribution is -2.64. The molecule has 5 atom stereocenters. The molecule has 1 aliphatic rings. The molecule has 174 valence electrons. The van der Waals surface area contributed by atoms with E-state index in [9.17, 15) is 29.7 Å². The molecule has 1 fully saturated rings. The van der Waals surface area contributed by atoms with Gasteiger partial charge < -0.3 is 40.7 Å². The van der Waals surface area contributed by atoms with E-state index in [1.807, 2.05) is 0 Å². The molecule has 0 aromatic heterocycles. The van der Waals surface area contributed by atoms with E-state index >= 15 is 0 Å². The number of carbonyl (C=O) groups excluding carboxylic acids is 3. The van der Waals surface area contributed by atoms with Crippen molar-refractivity contribution >= 4 is 17.7 Å². The summed E-state index contributed by atoms with van der Waals surface area (Å²) in [6, 6.07) is -0.975. The van der Waals surface area contributed by atoms with Crippen molar-refractivity contribution in [3.8, 4) is 0 Å². The molecule has 0 bridgehead atoms. The lowest BCUT2D eigenvalue weighted by Gasteiger charge is -2.42. The molecule has 1 rings (SSSR count). The Hall–Kier alpha value is -1.79. The number of aliphatic hydroxyl groups excluding tert-OH is 3. The zero-order chi connectivity index (χ0) is 22.5. The van der Waals surface area contributed by atoms with Gasteiger partial charge in [-0.15, -0.1) is 0 Å². The Morgan fingerprint density at radius 1 is 1.00 bits per heavy atom.